The monoisotopic (exact) mass is 490 g/mol. The Kier molecular flexibility index (Phi) is 4.28. The van der Waals surface area contributed by atoms with Gasteiger partial charge >= 0.3 is 4.87 Å². The number of fused-ring (bicyclic) bond motifs is 9. The second-order valence-electron chi connectivity index (χ2n) is 9.87. The van der Waals surface area contributed by atoms with Crippen LogP contribution in [0.3, 0.4) is 0 Å². The second kappa shape index (κ2) is 7.09. The Labute approximate surface area is 204 Å². The Morgan fingerprint density at radius 3 is 2.41 bits per heavy atom. The van der Waals surface area contributed by atoms with Gasteiger partial charge in [0.15, 0.2) is 0 Å². The van der Waals surface area contributed by atoms with Gasteiger partial charge in [0, 0.05) is 21.6 Å². The summed E-state index contributed by atoms with van der Waals surface area (Å²) in [7, 11) is 0. The number of H-pyrrole nitrogens is 1. The molecule has 2 N–H and O–H groups in total. The summed E-state index contributed by atoms with van der Waals surface area (Å²) < 4.78 is 0. The minimum Gasteiger partial charge on any atom is -0.508 e. The molecule has 1 saturated heterocycles. The SMILES string of the molecule is Cc1ccc(N2C(=O)[C@H]3[C@@H]4C[C@@H]([C@@H]3C2=O)[C@H]2[C@@H](c3ccccc3O)c3sc(=O)[nH]c3S[C@H]42)cc1. The van der Waals surface area contributed by atoms with Crippen molar-refractivity contribution in [2.45, 2.75) is 29.5 Å². The number of phenolic OH excluding ortho intramolecular Hbond substituents is 1. The topological polar surface area (TPSA) is 90.5 Å². The van der Waals surface area contributed by atoms with Crippen LogP contribution in [-0.2, 0) is 9.59 Å². The number of aromatic nitrogens is 1. The third-order valence-corrected chi connectivity index (χ3v) is 10.9. The number of anilines is 1. The highest BCUT2D eigenvalue weighted by atomic mass is 32.2. The van der Waals surface area contributed by atoms with E-state index >= 15 is 0 Å². The summed E-state index contributed by atoms with van der Waals surface area (Å²) in [5.41, 5.74) is 2.52. The quantitative estimate of drug-likeness (QED) is 0.527. The van der Waals surface area contributed by atoms with Gasteiger partial charge in [-0.25, -0.2) is 0 Å². The summed E-state index contributed by atoms with van der Waals surface area (Å²) >= 11 is 2.86. The van der Waals surface area contributed by atoms with Gasteiger partial charge in [0.25, 0.3) is 0 Å². The van der Waals surface area contributed by atoms with Crippen molar-refractivity contribution >= 4 is 40.6 Å². The highest BCUT2D eigenvalue weighted by Gasteiger charge is 2.69. The predicted molar refractivity (Wildman–Crippen MR) is 130 cm³/mol. The van der Waals surface area contributed by atoms with Crippen molar-refractivity contribution in [1.29, 1.82) is 0 Å². The van der Waals surface area contributed by atoms with Crippen LogP contribution in [0, 0.1) is 36.5 Å². The molecule has 0 unspecified atom stereocenters. The van der Waals surface area contributed by atoms with Crippen molar-refractivity contribution in [3.05, 3.63) is 74.2 Å². The van der Waals surface area contributed by atoms with E-state index in [-0.39, 0.29) is 63.2 Å². The normalized spacial score (nSPS) is 33.2. The number of aromatic hydroxyl groups is 1. The molecule has 0 spiro atoms. The molecular weight excluding hydrogens is 468 g/mol. The molecule has 7 atom stereocenters. The number of hydrogen-bond donors (Lipinski definition) is 2. The van der Waals surface area contributed by atoms with Crippen LogP contribution < -0.4 is 9.77 Å². The van der Waals surface area contributed by atoms with Gasteiger partial charge in [-0.1, -0.05) is 47.2 Å². The zero-order valence-electron chi connectivity index (χ0n) is 18.3. The van der Waals surface area contributed by atoms with E-state index in [0.29, 0.717) is 5.69 Å². The summed E-state index contributed by atoms with van der Waals surface area (Å²) in [6, 6.07) is 14.9. The van der Waals surface area contributed by atoms with Gasteiger partial charge in [0.2, 0.25) is 11.8 Å². The number of aryl methyl sites for hydroxylation is 1. The zero-order valence-corrected chi connectivity index (χ0v) is 19.9. The largest absolute Gasteiger partial charge is 0.508 e. The molecule has 2 aromatic carbocycles. The average molecular weight is 491 g/mol. The number of carbonyl (C=O) groups is 2. The van der Waals surface area contributed by atoms with E-state index in [9.17, 15) is 19.5 Å². The molecule has 4 aliphatic rings. The van der Waals surface area contributed by atoms with Crippen LogP contribution in [0.2, 0.25) is 0 Å². The lowest BCUT2D eigenvalue weighted by molar-refractivity contribution is -0.123. The molecule has 1 aromatic heterocycles. The van der Waals surface area contributed by atoms with E-state index in [0.717, 1.165) is 27.5 Å². The van der Waals surface area contributed by atoms with Crippen molar-refractivity contribution in [3.8, 4) is 5.75 Å². The molecular formula is C26H22N2O4S2. The number of benzene rings is 2. The predicted octanol–water partition coefficient (Wildman–Crippen LogP) is 4.13. The molecule has 2 aliphatic carbocycles. The molecule has 2 aliphatic heterocycles. The highest BCUT2D eigenvalue weighted by Crippen LogP contribution is 2.69. The van der Waals surface area contributed by atoms with Gasteiger partial charge in [0.1, 0.15) is 5.75 Å². The minimum atomic E-state index is -0.341. The molecule has 3 heterocycles. The van der Waals surface area contributed by atoms with Crippen molar-refractivity contribution in [1.82, 2.24) is 4.98 Å². The number of hydrogen-bond acceptors (Lipinski definition) is 6. The number of thioether (sulfide) groups is 1. The third-order valence-electron chi connectivity index (χ3n) is 8.29. The number of thiazole rings is 1. The van der Waals surface area contributed by atoms with Crippen molar-refractivity contribution < 1.29 is 14.7 Å². The van der Waals surface area contributed by atoms with Gasteiger partial charge in [0.05, 0.1) is 22.5 Å². The van der Waals surface area contributed by atoms with Crippen LogP contribution in [0.25, 0.3) is 0 Å². The number of amides is 2. The van der Waals surface area contributed by atoms with Gasteiger partial charge in [-0.2, -0.15) is 0 Å². The van der Waals surface area contributed by atoms with E-state index in [2.05, 4.69) is 4.98 Å². The number of nitrogens with one attached hydrogen (secondary N) is 1. The average Bonchev–Trinajstić information content (AvgIpc) is 3.54. The van der Waals surface area contributed by atoms with Gasteiger partial charge in [-0.05, 0) is 49.3 Å². The molecule has 3 fully saturated rings. The van der Waals surface area contributed by atoms with Crippen molar-refractivity contribution in [3.63, 3.8) is 0 Å². The molecule has 172 valence electrons. The molecule has 34 heavy (non-hydrogen) atoms. The summed E-state index contributed by atoms with van der Waals surface area (Å²) in [4.78, 5) is 44.8. The molecule has 6 nitrogen and oxygen atoms in total. The van der Waals surface area contributed by atoms with Gasteiger partial charge in [-0.15, -0.1) is 11.8 Å². The van der Waals surface area contributed by atoms with Crippen molar-refractivity contribution in [2.75, 3.05) is 4.90 Å². The lowest BCUT2D eigenvalue weighted by Gasteiger charge is -2.43. The fourth-order valence-corrected chi connectivity index (χ4v) is 9.94. The van der Waals surface area contributed by atoms with E-state index in [1.54, 1.807) is 23.9 Å². The lowest BCUT2D eigenvalue weighted by atomic mass is 9.68. The van der Waals surface area contributed by atoms with Gasteiger partial charge in [-0.3, -0.25) is 19.3 Å². The fourth-order valence-electron chi connectivity index (χ4n) is 7.06. The molecule has 3 aromatic rings. The van der Waals surface area contributed by atoms with E-state index in [1.165, 1.54) is 16.2 Å². The number of nitrogens with zero attached hydrogens (tertiary/aromatic N) is 1. The first-order chi connectivity index (χ1) is 16.4. The van der Waals surface area contributed by atoms with Gasteiger partial charge < -0.3 is 10.1 Å². The number of para-hydroxylation sites is 1. The number of carbonyl (C=O) groups excluding carboxylic acids is 2. The lowest BCUT2D eigenvalue weighted by Crippen LogP contribution is -2.42. The molecule has 2 amide bonds. The molecule has 0 radical (unpaired) electrons. The second-order valence-corrected chi connectivity index (χ2v) is 12.1. The van der Waals surface area contributed by atoms with E-state index in [4.69, 9.17) is 0 Å². The maximum absolute atomic E-state index is 13.7. The van der Waals surface area contributed by atoms with Crippen molar-refractivity contribution in [2.24, 2.45) is 29.6 Å². The number of rotatable bonds is 2. The van der Waals surface area contributed by atoms with Crippen LogP contribution in [0.15, 0.2) is 58.4 Å². The summed E-state index contributed by atoms with van der Waals surface area (Å²) in [6.45, 7) is 1.98. The molecule has 7 rings (SSSR count). The first-order valence-corrected chi connectivity index (χ1v) is 13.3. The standard InChI is InChI=1S/C26H22N2O4S2/c1-11-6-8-12(9-7-11)28-24(30)19-14-10-15(20(19)25(28)31)21-18(14)17(13-4-2-3-5-16(13)29)22-23(33-21)27-26(32)34-22/h2-9,14-15,17-21,29H,10H2,1H3,(H,27,32)/t14-,15+,17-,18+,19+,20+,21-/m1/s1. The van der Waals surface area contributed by atoms with Crippen LogP contribution in [-0.4, -0.2) is 27.2 Å². The molecule has 2 bridgehead atoms. The third kappa shape index (κ3) is 2.61. The highest BCUT2D eigenvalue weighted by molar-refractivity contribution is 8.00. The zero-order chi connectivity index (χ0) is 23.3. The van der Waals surface area contributed by atoms with Crippen LogP contribution in [0.1, 0.15) is 28.3 Å². The first-order valence-electron chi connectivity index (χ1n) is 11.6. The summed E-state index contributed by atoms with van der Waals surface area (Å²) in [5, 5.41) is 11.7. The number of imide groups is 1. The fraction of sp³-hybridized carbons (Fsp3) is 0.346. The first kappa shape index (κ1) is 20.5. The molecule has 8 heteroatoms. The van der Waals surface area contributed by atoms with Crippen LogP contribution in [0.5, 0.6) is 5.75 Å². The van der Waals surface area contributed by atoms with Crippen LogP contribution >= 0.6 is 23.1 Å². The number of aromatic amines is 1. The summed E-state index contributed by atoms with van der Waals surface area (Å²) in [6.07, 6.45) is 0.833. The Hall–Kier alpha value is -2.84. The Morgan fingerprint density at radius 1 is 0.971 bits per heavy atom. The number of phenols is 1. The van der Waals surface area contributed by atoms with E-state index < -0.39 is 0 Å². The van der Waals surface area contributed by atoms with Crippen LogP contribution in [0.4, 0.5) is 5.69 Å². The minimum absolute atomic E-state index is 0.0364. The Morgan fingerprint density at radius 2 is 1.68 bits per heavy atom. The smallest absolute Gasteiger partial charge is 0.305 e. The summed E-state index contributed by atoms with van der Waals surface area (Å²) in [5.74, 6) is -0.615. The maximum atomic E-state index is 13.7. The maximum Gasteiger partial charge on any atom is 0.305 e. The Balaban J connectivity index is 1.34. The molecule has 2 saturated carbocycles. The Bertz CT molecular complexity index is 1410. The van der Waals surface area contributed by atoms with E-state index in [1.807, 2.05) is 43.3 Å².